The molecule has 1 heterocycles. The van der Waals surface area contributed by atoms with E-state index in [4.69, 9.17) is 5.26 Å². The van der Waals surface area contributed by atoms with Gasteiger partial charge >= 0.3 is 0 Å². The van der Waals surface area contributed by atoms with Crippen molar-refractivity contribution in [3.05, 3.63) is 76.2 Å². The molecule has 3 aromatic rings. The molecular formula is C21H20N4OS. The van der Waals surface area contributed by atoms with E-state index in [0.29, 0.717) is 17.8 Å². The molecule has 0 saturated carbocycles. The van der Waals surface area contributed by atoms with Crippen LogP contribution in [0.1, 0.15) is 21.6 Å². The lowest BCUT2D eigenvalue weighted by molar-refractivity contribution is -0.105. The molecular weight excluding hydrogens is 356 g/mol. The molecule has 0 unspecified atom stereocenters. The number of nitrogens with zero attached hydrogens (tertiary/aromatic N) is 3. The Balaban J connectivity index is 1.79. The fraction of sp³-hybridized carbons (Fsp3) is 0.190. The standard InChI is InChI=1S/C21H20N4OS/c1-16-20(23-15-26)24-21(27-16)25(14-19-5-3-2-4-6-19)12-11-17-7-9-18(13-22)10-8-17/h2-10,15H,11-12,14H2,1H3,(H,23,26). The first kappa shape index (κ1) is 18.6. The van der Waals surface area contributed by atoms with Crippen LogP contribution in [0.5, 0.6) is 0 Å². The zero-order valence-electron chi connectivity index (χ0n) is 15.1. The molecule has 0 aliphatic rings. The Morgan fingerprint density at radius 3 is 2.56 bits per heavy atom. The van der Waals surface area contributed by atoms with E-state index in [2.05, 4.69) is 33.4 Å². The quantitative estimate of drug-likeness (QED) is 0.600. The minimum Gasteiger partial charge on any atom is -0.343 e. The van der Waals surface area contributed by atoms with E-state index in [1.54, 1.807) is 11.3 Å². The summed E-state index contributed by atoms with van der Waals surface area (Å²) in [6.45, 7) is 3.48. The fourth-order valence-corrected chi connectivity index (χ4v) is 3.66. The zero-order chi connectivity index (χ0) is 19.1. The highest BCUT2D eigenvalue weighted by molar-refractivity contribution is 7.16. The third kappa shape index (κ3) is 4.93. The van der Waals surface area contributed by atoms with Crippen LogP contribution in [-0.4, -0.2) is 17.9 Å². The molecule has 3 rings (SSSR count). The van der Waals surface area contributed by atoms with Gasteiger partial charge in [0.25, 0.3) is 0 Å². The van der Waals surface area contributed by atoms with Crippen LogP contribution in [0, 0.1) is 18.3 Å². The Bertz CT molecular complexity index is 929. The fourth-order valence-electron chi connectivity index (χ4n) is 2.76. The summed E-state index contributed by atoms with van der Waals surface area (Å²) in [6, 6.07) is 20.1. The summed E-state index contributed by atoms with van der Waals surface area (Å²) in [7, 11) is 0. The summed E-state index contributed by atoms with van der Waals surface area (Å²) in [4.78, 5) is 18.6. The van der Waals surface area contributed by atoms with Crippen molar-refractivity contribution in [3.63, 3.8) is 0 Å². The minimum atomic E-state index is 0.612. The SMILES string of the molecule is Cc1sc(N(CCc2ccc(C#N)cc2)Cc2ccccc2)nc1NC=O. The first-order valence-electron chi connectivity index (χ1n) is 8.65. The van der Waals surface area contributed by atoms with Gasteiger partial charge in [-0.15, -0.1) is 0 Å². The van der Waals surface area contributed by atoms with E-state index in [-0.39, 0.29) is 0 Å². The molecule has 27 heavy (non-hydrogen) atoms. The van der Waals surface area contributed by atoms with Crippen LogP contribution >= 0.6 is 11.3 Å². The molecule has 6 heteroatoms. The average molecular weight is 376 g/mol. The number of thiazole rings is 1. The van der Waals surface area contributed by atoms with Gasteiger partial charge in [-0.3, -0.25) is 4.79 Å². The van der Waals surface area contributed by atoms with Crippen LogP contribution in [0.3, 0.4) is 0 Å². The summed E-state index contributed by atoms with van der Waals surface area (Å²) in [5.41, 5.74) is 3.04. The number of hydrogen-bond donors (Lipinski definition) is 1. The average Bonchev–Trinajstić information content (AvgIpc) is 3.07. The van der Waals surface area contributed by atoms with Crippen LogP contribution in [-0.2, 0) is 17.8 Å². The largest absolute Gasteiger partial charge is 0.343 e. The topological polar surface area (TPSA) is 69.0 Å². The second kappa shape index (κ2) is 8.97. The molecule has 5 nitrogen and oxygen atoms in total. The number of benzene rings is 2. The Kier molecular flexibility index (Phi) is 6.18. The number of hydrogen-bond acceptors (Lipinski definition) is 5. The highest BCUT2D eigenvalue weighted by atomic mass is 32.1. The monoisotopic (exact) mass is 376 g/mol. The van der Waals surface area contributed by atoms with Crippen molar-refractivity contribution in [3.8, 4) is 6.07 Å². The number of nitrogens with one attached hydrogen (secondary N) is 1. The van der Waals surface area contributed by atoms with Crippen LogP contribution < -0.4 is 10.2 Å². The molecule has 0 spiro atoms. The Morgan fingerprint density at radius 1 is 1.15 bits per heavy atom. The lowest BCUT2D eigenvalue weighted by Gasteiger charge is -2.22. The first-order valence-corrected chi connectivity index (χ1v) is 9.47. The van der Waals surface area contributed by atoms with Crippen molar-refractivity contribution >= 4 is 28.7 Å². The Labute approximate surface area is 162 Å². The van der Waals surface area contributed by atoms with Crippen LogP contribution in [0.25, 0.3) is 0 Å². The van der Waals surface area contributed by atoms with Gasteiger partial charge in [0, 0.05) is 18.0 Å². The highest BCUT2D eigenvalue weighted by Crippen LogP contribution is 2.30. The maximum absolute atomic E-state index is 10.8. The van der Waals surface area contributed by atoms with Crippen molar-refractivity contribution < 1.29 is 4.79 Å². The first-order chi connectivity index (χ1) is 13.2. The second-order valence-electron chi connectivity index (χ2n) is 6.13. The van der Waals surface area contributed by atoms with E-state index in [1.165, 1.54) is 11.1 Å². The zero-order valence-corrected chi connectivity index (χ0v) is 15.9. The van der Waals surface area contributed by atoms with E-state index in [1.807, 2.05) is 49.4 Å². The summed E-state index contributed by atoms with van der Waals surface area (Å²) < 4.78 is 0. The molecule has 1 amide bonds. The molecule has 0 bridgehead atoms. The van der Waals surface area contributed by atoms with E-state index < -0.39 is 0 Å². The maximum atomic E-state index is 10.8. The number of nitriles is 1. The summed E-state index contributed by atoms with van der Waals surface area (Å²) in [5, 5.41) is 12.5. The second-order valence-corrected chi connectivity index (χ2v) is 7.31. The number of carbonyl (C=O) groups excluding carboxylic acids is 1. The number of aromatic nitrogens is 1. The normalized spacial score (nSPS) is 10.2. The van der Waals surface area contributed by atoms with Gasteiger partial charge in [0.05, 0.1) is 11.6 Å². The molecule has 0 aliphatic heterocycles. The van der Waals surface area contributed by atoms with Crippen LogP contribution in [0.15, 0.2) is 54.6 Å². The molecule has 0 radical (unpaired) electrons. The van der Waals surface area contributed by atoms with Crippen molar-refractivity contribution in [1.29, 1.82) is 5.26 Å². The lowest BCUT2D eigenvalue weighted by Crippen LogP contribution is -2.25. The molecule has 2 aromatic carbocycles. The number of aryl methyl sites for hydroxylation is 1. The van der Waals surface area contributed by atoms with E-state index in [9.17, 15) is 4.79 Å². The number of carbonyl (C=O) groups is 1. The van der Waals surface area contributed by atoms with Gasteiger partial charge in [0.2, 0.25) is 6.41 Å². The van der Waals surface area contributed by atoms with Gasteiger partial charge in [-0.2, -0.15) is 5.26 Å². The van der Waals surface area contributed by atoms with Crippen molar-refractivity contribution in [2.75, 3.05) is 16.8 Å². The lowest BCUT2D eigenvalue weighted by atomic mass is 10.1. The predicted molar refractivity (Wildman–Crippen MR) is 109 cm³/mol. The third-order valence-electron chi connectivity index (χ3n) is 4.22. The van der Waals surface area contributed by atoms with Crippen LogP contribution in [0.2, 0.25) is 0 Å². The molecule has 0 aliphatic carbocycles. The van der Waals surface area contributed by atoms with Gasteiger partial charge in [-0.1, -0.05) is 53.8 Å². The molecule has 0 atom stereocenters. The highest BCUT2D eigenvalue weighted by Gasteiger charge is 2.15. The number of amides is 1. The van der Waals surface area contributed by atoms with Crippen molar-refractivity contribution in [2.24, 2.45) is 0 Å². The smallest absolute Gasteiger partial charge is 0.212 e. The van der Waals surface area contributed by atoms with Crippen LogP contribution in [0.4, 0.5) is 10.9 Å². The van der Waals surface area contributed by atoms with E-state index >= 15 is 0 Å². The molecule has 0 fully saturated rings. The minimum absolute atomic E-state index is 0.612. The number of rotatable bonds is 8. The van der Waals surface area contributed by atoms with Gasteiger partial charge < -0.3 is 10.2 Å². The summed E-state index contributed by atoms with van der Waals surface area (Å²) in [6.07, 6.45) is 1.50. The number of anilines is 2. The van der Waals surface area contributed by atoms with Crippen molar-refractivity contribution in [1.82, 2.24) is 4.98 Å². The molecule has 1 N–H and O–H groups in total. The predicted octanol–water partition coefficient (Wildman–Crippen LogP) is 4.14. The molecule has 1 aromatic heterocycles. The van der Waals surface area contributed by atoms with Gasteiger partial charge in [0.15, 0.2) is 5.13 Å². The van der Waals surface area contributed by atoms with Gasteiger partial charge in [0.1, 0.15) is 5.82 Å². The third-order valence-corrected chi connectivity index (χ3v) is 5.25. The Hall–Kier alpha value is -3.17. The molecule has 136 valence electrons. The molecule has 0 saturated heterocycles. The Morgan fingerprint density at radius 2 is 1.89 bits per heavy atom. The van der Waals surface area contributed by atoms with Gasteiger partial charge in [-0.05, 0) is 36.6 Å². The van der Waals surface area contributed by atoms with Gasteiger partial charge in [-0.25, -0.2) is 4.98 Å². The van der Waals surface area contributed by atoms with E-state index in [0.717, 1.165) is 29.5 Å². The maximum Gasteiger partial charge on any atom is 0.212 e. The van der Waals surface area contributed by atoms with Crippen molar-refractivity contribution in [2.45, 2.75) is 19.9 Å². The summed E-state index contributed by atoms with van der Waals surface area (Å²) >= 11 is 1.57. The summed E-state index contributed by atoms with van der Waals surface area (Å²) in [5.74, 6) is 0.612.